The quantitative estimate of drug-likeness (QED) is 0.0148. The number of nitrogens with zero attached hydrogens (tertiary/aromatic N) is 3. The van der Waals surface area contributed by atoms with Crippen LogP contribution in [0.2, 0.25) is 0 Å². The van der Waals surface area contributed by atoms with Gasteiger partial charge in [-0.1, -0.05) is 179 Å². The molecule has 0 bridgehead atoms. The fourth-order valence-electron chi connectivity index (χ4n) is 7.66. The zero-order valence-corrected chi connectivity index (χ0v) is 39.4. The predicted octanol–water partition coefficient (Wildman–Crippen LogP) is 9.24. The molecular formula is C50H49Cl3N4O12. The van der Waals surface area contributed by atoms with E-state index in [1.165, 1.54) is 0 Å². The second-order valence-corrected chi connectivity index (χ2v) is 18.0. The molecule has 7 rings (SSSR count). The average Bonchev–Trinajstić information content (AvgIpc) is 3.37. The number of halogens is 3. The first-order valence-electron chi connectivity index (χ1n) is 21.8. The van der Waals surface area contributed by atoms with Crippen LogP contribution in [0.15, 0.2) is 157 Å². The normalized spacial score (nSPS) is 24.6. The van der Waals surface area contributed by atoms with Gasteiger partial charge in [0.05, 0.1) is 39.1 Å². The van der Waals surface area contributed by atoms with Gasteiger partial charge in [0.15, 0.2) is 12.4 Å². The summed E-state index contributed by atoms with van der Waals surface area (Å²) in [6, 6.07) is 43.9. The van der Waals surface area contributed by atoms with E-state index in [0.29, 0.717) is 0 Å². The maximum atomic E-state index is 14.0. The number of azide groups is 1. The summed E-state index contributed by atoms with van der Waals surface area (Å²) in [4.78, 5) is 30.7. The van der Waals surface area contributed by atoms with Gasteiger partial charge in [-0.25, -0.2) is 9.59 Å². The van der Waals surface area contributed by atoms with E-state index in [0.717, 1.165) is 29.4 Å². The molecule has 0 saturated carbocycles. The number of carbonyl (C=O) groups is 2. The molecule has 2 aliphatic rings. The maximum Gasteiger partial charge on any atom is 0.338 e. The fourth-order valence-corrected chi connectivity index (χ4v) is 7.79. The zero-order chi connectivity index (χ0) is 48.6. The number of ether oxygens (including phenoxy) is 10. The Hall–Kier alpha value is -5.59. The molecule has 19 heteroatoms. The second kappa shape index (κ2) is 25.3. The first-order chi connectivity index (χ1) is 33.5. The van der Waals surface area contributed by atoms with E-state index in [2.05, 4.69) is 10.0 Å². The van der Waals surface area contributed by atoms with E-state index >= 15 is 0 Å². The van der Waals surface area contributed by atoms with Crippen molar-refractivity contribution in [1.29, 1.82) is 5.41 Å². The number of esters is 2. The first-order valence-corrected chi connectivity index (χ1v) is 22.9. The minimum Gasteiger partial charge on any atom is -0.467 e. The van der Waals surface area contributed by atoms with Crippen LogP contribution in [0.1, 0.15) is 32.6 Å². The molecule has 5 aromatic carbocycles. The second-order valence-electron chi connectivity index (χ2n) is 15.7. The lowest BCUT2D eigenvalue weighted by Crippen LogP contribution is -2.66. The highest BCUT2D eigenvalue weighted by atomic mass is 35.6. The van der Waals surface area contributed by atoms with Crippen LogP contribution in [0.5, 0.6) is 0 Å². The molecule has 0 spiro atoms. The Morgan fingerprint density at radius 2 is 1.07 bits per heavy atom. The summed E-state index contributed by atoms with van der Waals surface area (Å²) in [5.41, 5.74) is 13.5. The number of nitrogens with one attached hydrogen (secondary N) is 1. The summed E-state index contributed by atoms with van der Waals surface area (Å²) in [6.07, 6.45) is -12.6. The molecule has 5 unspecified atom stereocenters. The molecule has 0 aliphatic carbocycles. The summed E-state index contributed by atoms with van der Waals surface area (Å²) in [7, 11) is 1.14. The summed E-state index contributed by atoms with van der Waals surface area (Å²) >= 11 is 18.3. The third-order valence-corrected chi connectivity index (χ3v) is 11.6. The molecule has 0 amide bonds. The van der Waals surface area contributed by atoms with Crippen molar-refractivity contribution in [3.8, 4) is 0 Å². The van der Waals surface area contributed by atoms with E-state index in [1.807, 2.05) is 121 Å². The number of benzene rings is 5. The van der Waals surface area contributed by atoms with Crippen LogP contribution in [-0.2, 0) is 78.6 Å². The van der Waals surface area contributed by atoms with Crippen LogP contribution in [-0.4, -0.2) is 96.7 Å². The number of hydrogen-bond donors (Lipinski definition) is 1. The van der Waals surface area contributed by atoms with Gasteiger partial charge in [0.1, 0.15) is 49.3 Å². The molecule has 10 atom stereocenters. The van der Waals surface area contributed by atoms with Crippen molar-refractivity contribution in [3.63, 3.8) is 0 Å². The van der Waals surface area contributed by atoms with Gasteiger partial charge in [-0.15, -0.1) is 0 Å². The van der Waals surface area contributed by atoms with Crippen LogP contribution in [0.4, 0.5) is 0 Å². The van der Waals surface area contributed by atoms with Crippen LogP contribution < -0.4 is 0 Å². The Balaban J connectivity index is 1.31. The summed E-state index contributed by atoms with van der Waals surface area (Å²) in [5, 5.41) is 12.7. The Morgan fingerprint density at radius 1 is 0.623 bits per heavy atom. The van der Waals surface area contributed by atoms with E-state index in [-0.39, 0.29) is 32.0 Å². The van der Waals surface area contributed by atoms with Gasteiger partial charge in [0.2, 0.25) is 12.2 Å². The van der Waals surface area contributed by atoms with Gasteiger partial charge in [0, 0.05) is 4.91 Å². The van der Waals surface area contributed by atoms with Crippen molar-refractivity contribution in [3.05, 3.63) is 190 Å². The molecule has 0 radical (unpaired) electrons. The Kier molecular flexibility index (Phi) is 18.8. The van der Waals surface area contributed by atoms with Crippen molar-refractivity contribution in [2.45, 2.75) is 91.6 Å². The van der Waals surface area contributed by atoms with Gasteiger partial charge in [-0.2, -0.15) is 0 Å². The Bertz CT molecular complexity index is 2440. The first kappa shape index (κ1) is 51.3. The van der Waals surface area contributed by atoms with Gasteiger partial charge < -0.3 is 47.4 Å². The van der Waals surface area contributed by atoms with Gasteiger partial charge >= 0.3 is 11.9 Å². The topological polar surface area (TPSA) is 199 Å². The lowest BCUT2D eigenvalue weighted by Gasteiger charge is -2.49. The minimum atomic E-state index is -2.35. The van der Waals surface area contributed by atoms with Crippen molar-refractivity contribution in [2.75, 3.05) is 13.7 Å². The molecule has 0 aromatic heterocycles. The molecule has 362 valence electrons. The monoisotopic (exact) mass is 1000 g/mol. The lowest BCUT2D eigenvalue weighted by atomic mass is 9.94. The maximum absolute atomic E-state index is 14.0. The largest absolute Gasteiger partial charge is 0.467 e. The SMILES string of the molecule is COC(=O)C1OC(OC(=N)C(Cl)(Cl)Cl)C(OCc2ccccc2)[C@H](OCc2ccccc2)[C@H]1O[C@@H]1OC(COC(=O)c2ccccc2)[C@H](OCc2ccccc2)[C@H](OCc2ccccc2)C1N=[N+]=[N-]. The van der Waals surface area contributed by atoms with Crippen molar-refractivity contribution >= 4 is 52.6 Å². The molecule has 2 saturated heterocycles. The summed E-state index contributed by atoms with van der Waals surface area (Å²) in [5.74, 6) is -2.46. The number of alkyl halides is 3. The van der Waals surface area contributed by atoms with Gasteiger partial charge in [0.25, 0.3) is 3.79 Å². The van der Waals surface area contributed by atoms with Crippen LogP contribution in [0.3, 0.4) is 0 Å². The molecular weight excluding hydrogens is 955 g/mol. The average molecular weight is 1000 g/mol. The summed E-state index contributed by atoms with van der Waals surface area (Å²) < 4.78 is 61.0. The van der Waals surface area contributed by atoms with Crippen LogP contribution >= 0.6 is 34.8 Å². The molecule has 69 heavy (non-hydrogen) atoms. The van der Waals surface area contributed by atoms with Crippen molar-refractivity contribution in [1.82, 2.24) is 0 Å². The summed E-state index contributed by atoms with van der Waals surface area (Å²) in [6.45, 7) is -0.446. The number of rotatable bonds is 20. The minimum absolute atomic E-state index is 0.0150. The van der Waals surface area contributed by atoms with E-state index in [1.54, 1.807) is 30.3 Å². The fraction of sp³-hybridized carbons (Fsp3) is 0.340. The highest BCUT2D eigenvalue weighted by Gasteiger charge is 2.57. The van der Waals surface area contributed by atoms with Crippen molar-refractivity contribution < 1.29 is 57.0 Å². The number of carbonyl (C=O) groups excluding carboxylic acids is 2. The van der Waals surface area contributed by atoms with Crippen LogP contribution in [0.25, 0.3) is 10.4 Å². The molecule has 2 aliphatic heterocycles. The van der Waals surface area contributed by atoms with Gasteiger partial charge in [-0.05, 0) is 39.9 Å². The molecule has 2 heterocycles. The number of methoxy groups -OCH3 is 1. The third kappa shape index (κ3) is 14.3. The molecule has 1 N–H and O–H groups in total. The Morgan fingerprint density at radius 3 is 1.54 bits per heavy atom. The Labute approximate surface area is 413 Å². The molecule has 5 aromatic rings. The lowest BCUT2D eigenvalue weighted by molar-refractivity contribution is -0.346. The van der Waals surface area contributed by atoms with E-state index in [9.17, 15) is 15.1 Å². The standard InChI is InChI=1S/C50H49Cl3N4O12/c1-60-46(59)43-42(41(63-29-34-21-11-4-12-22-34)44(64-30-35-23-13-5-14-24-35)48(68-43)69-49(54)50(51,52)53)67-47-38(56-57-55)40(62-28-33-19-9-3-10-20-33)39(61-27-32-17-7-2-8-18-32)37(66-47)31-65-45(58)36-25-15-6-16-26-36/h2-26,37-44,47-48,54H,27-31H2,1H3/t37?,38?,39-,40+,41+,42+,43?,44?,47-,48?/m0/s1. The van der Waals surface area contributed by atoms with E-state index in [4.69, 9.17) is 87.6 Å². The van der Waals surface area contributed by atoms with E-state index < -0.39 is 89.6 Å². The third-order valence-electron chi connectivity index (χ3n) is 11.0. The van der Waals surface area contributed by atoms with Gasteiger partial charge in [-0.3, -0.25) is 5.41 Å². The highest BCUT2D eigenvalue weighted by Crippen LogP contribution is 2.38. The van der Waals surface area contributed by atoms with Crippen LogP contribution in [0, 0.1) is 5.41 Å². The zero-order valence-electron chi connectivity index (χ0n) is 37.1. The molecule has 2 fully saturated rings. The van der Waals surface area contributed by atoms with Crippen molar-refractivity contribution in [2.24, 2.45) is 5.11 Å². The predicted molar refractivity (Wildman–Crippen MR) is 253 cm³/mol. The smallest absolute Gasteiger partial charge is 0.338 e. The number of hydrogen-bond acceptors (Lipinski definition) is 14. The highest BCUT2D eigenvalue weighted by molar-refractivity contribution is 6.76. The molecule has 16 nitrogen and oxygen atoms in total.